The topological polar surface area (TPSA) is 64.6 Å². The van der Waals surface area contributed by atoms with Crippen molar-refractivity contribution in [3.05, 3.63) is 0 Å². The third-order valence-electron chi connectivity index (χ3n) is 2.28. The number of alkyl halides is 1. The summed E-state index contributed by atoms with van der Waals surface area (Å²) in [6.45, 7) is 11.4. The van der Waals surface area contributed by atoms with Crippen molar-refractivity contribution >= 4 is 12.1 Å². The summed E-state index contributed by atoms with van der Waals surface area (Å²) in [7, 11) is 0. The molecule has 0 aromatic carbocycles. The van der Waals surface area contributed by atoms with Crippen LogP contribution >= 0.6 is 0 Å². The number of esters is 1. The molecular formula is C15H28FNO4. The van der Waals surface area contributed by atoms with E-state index in [1.807, 2.05) is 0 Å². The Morgan fingerprint density at radius 2 is 1.52 bits per heavy atom. The van der Waals surface area contributed by atoms with Crippen molar-refractivity contribution in [2.45, 2.75) is 72.1 Å². The van der Waals surface area contributed by atoms with Gasteiger partial charge in [-0.15, -0.1) is 0 Å². The lowest BCUT2D eigenvalue weighted by molar-refractivity contribution is -0.158. The van der Waals surface area contributed by atoms with Crippen molar-refractivity contribution in [3.8, 4) is 0 Å². The molecule has 124 valence electrons. The van der Waals surface area contributed by atoms with Crippen LogP contribution in [-0.4, -0.2) is 36.0 Å². The minimum Gasteiger partial charge on any atom is -0.458 e. The van der Waals surface area contributed by atoms with Gasteiger partial charge in [0.05, 0.1) is 6.67 Å². The average Bonchev–Trinajstić information content (AvgIpc) is 2.22. The van der Waals surface area contributed by atoms with Crippen molar-refractivity contribution in [1.82, 2.24) is 5.32 Å². The molecule has 1 N–H and O–H groups in total. The van der Waals surface area contributed by atoms with E-state index in [0.29, 0.717) is 0 Å². The highest BCUT2D eigenvalue weighted by atomic mass is 19.1. The van der Waals surface area contributed by atoms with Crippen LogP contribution in [0.25, 0.3) is 0 Å². The molecule has 0 aromatic rings. The normalized spacial score (nSPS) is 15.0. The molecular weight excluding hydrogens is 277 g/mol. The van der Waals surface area contributed by atoms with E-state index in [0.717, 1.165) is 0 Å². The second kappa shape index (κ2) is 7.61. The summed E-state index contributed by atoms with van der Waals surface area (Å²) >= 11 is 0. The first-order valence-corrected chi connectivity index (χ1v) is 7.12. The first kappa shape index (κ1) is 19.7. The second-order valence-corrected chi connectivity index (χ2v) is 7.23. The van der Waals surface area contributed by atoms with E-state index in [-0.39, 0.29) is 12.3 Å². The Labute approximate surface area is 126 Å². The van der Waals surface area contributed by atoms with Crippen LogP contribution in [-0.2, 0) is 14.3 Å². The smallest absolute Gasteiger partial charge is 0.408 e. The SMILES string of the molecule is C[C@H](CF)C[C@H](NC(=O)OC(C)(C)C)C(=O)OC(C)(C)C. The summed E-state index contributed by atoms with van der Waals surface area (Å²) in [6.07, 6.45) is -0.561. The number of hydrogen-bond acceptors (Lipinski definition) is 4. The summed E-state index contributed by atoms with van der Waals surface area (Å²) < 4.78 is 23.0. The maximum atomic E-state index is 12.7. The Morgan fingerprint density at radius 1 is 1.05 bits per heavy atom. The van der Waals surface area contributed by atoms with E-state index in [4.69, 9.17) is 9.47 Å². The van der Waals surface area contributed by atoms with Gasteiger partial charge in [-0.3, -0.25) is 4.39 Å². The molecule has 6 heteroatoms. The molecule has 0 aliphatic heterocycles. The van der Waals surface area contributed by atoms with Gasteiger partial charge in [0.25, 0.3) is 0 Å². The Morgan fingerprint density at radius 3 is 1.90 bits per heavy atom. The maximum absolute atomic E-state index is 12.7. The molecule has 0 aromatic heterocycles. The molecule has 0 radical (unpaired) electrons. The summed E-state index contributed by atoms with van der Waals surface area (Å²) in [5.74, 6) is -0.953. The number of ether oxygens (including phenoxy) is 2. The quantitative estimate of drug-likeness (QED) is 0.792. The van der Waals surface area contributed by atoms with Crippen LogP contribution in [0.4, 0.5) is 9.18 Å². The number of nitrogens with one attached hydrogen (secondary N) is 1. The zero-order chi connectivity index (χ0) is 16.8. The van der Waals surface area contributed by atoms with Gasteiger partial charge < -0.3 is 14.8 Å². The Kier molecular flexibility index (Phi) is 7.13. The first-order valence-electron chi connectivity index (χ1n) is 7.12. The fourth-order valence-electron chi connectivity index (χ4n) is 1.50. The molecule has 0 unspecified atom stereocenters. The number of carbonyl (C=O) groups excluding carboxylic acids is 2. The third kappa shape index (κ3) is 10.1. The number of alkyl carbamates (subject to hydrolysis) is 1. The zero-order valence-corrected chi connectivity index (χ0v) is 14.1. The van der Waals surface area contributed by atoms with Gasteiger partial charge in [-0.05, 0) is 53.9 Å². The highest BCUT2D eigenvalue weighted by Gasteiger charge is 2.29. The number of hydrogen-bond donors (Lipinski definition) is 1. The van der Waals surface area contributed by atoms with E-state index < -0.39 is 36.0 Å². The molecule has 0 fully saturated rings. The van der Waals surface area contributed by atoms with E-state index in [1.54, 1.807) is 48.5 Å². The molecule has 0 bridgehead atoms. The Balaban J connectivity index is 4.82. The minimum atomic E-state index is -0.926. The van der Waals surface area contributed by atoms with Crippen LogP contribution in [0.15, 0.2) is 0 Å². The lowest BCUT2D eigenvalue weighted by Crippen LogP contribution is -2.46. The van der Waals surface area contributed by atoms with Gasteiger partial charge in [0.1, 0.15) is 17.2 Å². The average molecular weight is 305 g/mol. The third-order valence-corrected chi connectivity index (χ3v) is 2.28. The summed E-state index contributed by atoms with van der Waals surface area (Å²) in [5.41, 5.74) is -1.35. The summed E-state index contributed by atoms with van der Waals surface area (Å²) in [4.78, 5) is 23.9. The molecule has 1 amide bonds. The van der Waals surface area contributed by atoms with Crippen LogP contribution in [0.3, 0.4) is 0 Å². The van der Waals surface area contributed by atoms with Crippen LogP contribution < -0.4 is 5.32 Å². The van der Waals surface area contributed by atoms with Crippen molar-refractivity contribution in [1.29, 1.82) is 0 Å². The van der Waals surface area contributed by atoms with Gasteiger partial charge >= 0.3 is 12.1 Å². The van der Waals surface area contributed by atoms with Crippen molar-refractivity contribution in [2.24, 2.45) is 5.92 Å². The van der Waals surface area contributed by atoms with Crippen LogP contribution in [0.1, 0.15) is 54.9 Å². The van der Waals surface area contributed by atoms with Crippen molar-refractivity contribution < 1.29 is 23.5 Å². The molecule has 2 atom stereocenters. The highest BCUT2D eigenvalue weighted by Crippen LogP contribution is 2.14. The van der Waals surface area contributed by atoms with Crippen LogP contribution in [0, 0.1) is 5.92 Å². The Bertz CT molecular complexity index is 358. The summed E-state index contributed by atoms with van der Waals surface area (Å²) in [6, 6.07) is -0.926. The number of amides is 1. The molecule has 21 heavy (non-hydrogen) atoms. The fraction of sp³-hybridized carbons (Fsp3) is 0.867. The van der Waals surface area contributed by atoms with Crippen molar-refractivity contribution in [2.75, 3.05) is 6.67 Å². The van der Waals surface area contributed by atoms with Gasteiger partial charge in [0, 0.05) is 0 Å². The highest BCUT2D eigenvalue weighted by molar-refractivity contribution is 5.81. The van der Waals surface area contributed by atoms with E-state index in [2.05, 4.69) is 5.32 Å². The lowest BCUT2D eigenvalue weighted by atomic mass is 10.0. The van der Waals surface area contributed by atoms with E-state index in [9.17, 15) is 14.0 Å². The predicted molar refractivity (Wildman–Crippen MR) is 78.8 cm³/mol. The first-order chi connectivity index (χ1) is 9.34. The standard InChI is InChI=1S/C15H28FNO4/c1-10(9-16)8-11(12(18)20-14(2,3)4)17-13(19)21-15(5,6)7/h10-11H,8-9H2,1-7H3,(H,17,19)/t10-,11-/m0/s1. The molecule has 0 rings (SSSR count). The Hall–Kier alpha value is -1.33. The maximum Gasteiger partial charge on any atom is 0.408 e. The largest absolute Gasteiger partial charge is 0.458 e. The molecule has 5 nitrogen and oxygen atoms in total. The van der Waals surface area contributed by atoms with Gasteiger partial charge in [-0.2, -0.15) is 0 Å². The number of rotatable bonds is 5. The lowest BCUT2D eigenvalue weighted by Gasteiger charge is -2.27. The van der Waals surface area contributed by atoms with Gasteiger partial charge in [-0.1, -0.05) is 6.92 Å². The molecule has 0 saturated heterocycles. The molecule has 0 aliphatic rings. The van der Waals surface area contributed by atoms with Gasteiger partial charge in [0.15, 0.2) is 0 Å². The monoisotopic (exact) mass is 305 g/mol. The fourth-order valence-corrected chi connectivity index (χ4v) is 1.50. The van der Waals surface area contributed by atoms with Crippen LogP contribution in [0.2, 0.25) is 0 Å². The predicted octanol–water partition coefficient (Wildman–Crippen LogP) is 3.22. The summed E-state index contributed by atoms with van der Waals surface area (Å²) in [5, 5.41) is 2.46. The van der Waals surface area contributed by atoms with Gasteiger partial charge in [-0.25, -0.2) is 9.59 Å². The van der Waals surface area contributed by atoms with E-state index in [1.165, 1.54) is 0 Å². The van der Waals surface area contributed by atoms with Crippen LogP contribution in [0.5, 0.6) is 0 Å². The molecule has 0 aliphatic carbocycles. The number of carbonyl (C=O) groups is 2. The second-order valence-electron chi connectivity index (χ2n) is 7.23. The molecule has 0 saturated carbocycles. The van der Waals surface area contributed by atoms with Gasteiger partial charge in [0.2, 0.25) is 0 Å². The van der Waals surface area contributed by atoms with E-state index >= 15 is 0 Å². The molecule has 0 spiro atoms. The zero-order valence-electron chi connectivity index (χ0n) is 14.1. The number of halogens is 1. The minimum absolute atomic E-state index is 0.157. The molecule has 0 heterocycles. The van der Waals surface area contributed by atoms with Crippen molar-refractivity contribution in [3.63, 3.8) is 0 Å².